The molecule has 27 heavy (non-hydrogen) atoms. The predicted octanol–water partition coefficient (Wildman–Crippen LogP) is 1.62. The second kappa shape index (κ2) is 8.20. The number of carbonyl (C=O) groups is 4. The third kappa shape index (κ3) is 4.64. The van der Waals surface area contributed by atoms with Crippen LogP contribution in [0.25, 0.3) is 0 Å². The van der Waals surface area contributed by atoms with Crippen LogP contribution in [0.5, 0.6) is 0 Å². The average Bonchev–Trinajstić information content (AvgIpc) is 2.81. The van der Waals surface area contributed by atoms with E-state index in [1.807, 2.05) is 32.0 Å². The number of imide groups is 1. The highest BCUT2D eigenvalue weighted by Crippen LogP contribution is 2.22. The first-order valence-corrected chi connectivity index (χ1v) is 8.90. The van der Waals surface area contributed by atoms with Crippen LogP contribution >= 0.6 is 0 Å². The minimum Gasteiger partial charge on any atom is -0.454 e. The Hall–Kier alpha value is -2.90. The van der Waals surface area contributed by atoms with Crippen LogP contribution in [0.4, 0.5) is 10.5 Å². The summed E-state index contributed by atoms with van der Waals surface area (Å²) in [6.45, 7) is 6.04. The lowest BCUT2D eigenvalue weighted by molar-refractivity contribution is -0.150. The molecule has 1 aliphatic rings. The van der Waals surface area contributed by atoms with Gasteiger partial charge in [0, 0.05) is 5.69 Å². The Morgan fingerprint density at radius 3 is 2.22 bits per heavy atom. The van der Waals surface area contributed by atoms with Crippen LogP contribution in [0.3, 0.4) is 0 Å². The molecule has 8 heteroatoms. The number of anilines is 1. The molecule has 1 saturated heterocycles. The SMILES string of the molecule is CCc1cccc(CC)c1NC(=O)COC(=O)CN1C(=O)NC(C)(C)C1=O. The summed E-state index contributed by atoms with van der Waals surface area (Å²) in [7, 11) is 0. The van der Waals surface area contributed by atoms with E-state index in [0.29, 0.717) is 0 Å². The number of hydrogen-bond acceptors (Lipinski definition) is 5. The van der Waals surface area contributed by atoms with Crippen LogP contribution in [-0.4, -0.2) is 47.4 Å². The molecule has 1 fully saturated rings. The Labute approximate surface area is 158 Å². The van der Waals surface area contributed by atoms with E-state index in [-0.39, 0.29) is 0 Å². The molecule has 4 amide bonds. The Balaban J connectivity index is 1.92. The van der Waals surface area contributed by atoms with Crippen LogP contribution in [0.2, 0.25) is 0 Å². The Morgan fingerprint density at radius 1 is 1.15 bits per heavy atom. The summed E-state index contributed by atoms with van der Waals surface area (Å²) >= 11 is 0. The molecule has 0 spiro atoms. The summed E-state index contributed by atoms with van der Waals surface area (Å²) in [4.78, 5) is 48.7. The van der Waals surface area contributed by atoms with Gasteiger partial charge in [-0.2, -0.15) is 0 Å². The van der Waals surface area contributed by atoms with Crippen molar-refractivity contribution in [1.82, 2.24) is 10.2 Å². The fraction of sp³-hybridized carbons (Fsp3) is 0.474. The second-order valence-corrected chi connectivity index (χ2v) is 6.81. The number of aryl methyl sites for hydroxylation is 2. The van der Waals surface area contributed by atoms with Gasteiger partial charge in [0.05, 0.1) is 0 Å². The molecule has 1 heterocycles. The quantitative estimate of drug-likeness (QED) is 0.557. The molecule has 0 aliphatic carbocycles. The lowest BCUT2D eigenvalue weighted by Crippen LogP contribution is -2.41. The molecule has 2 N–H and O–H groups in total. The average molecular weight is 375 g/mol. The van der Waals surface area contributed by atoms with Gasteiger partial charge in [0.15, 0.2) is 6.61 Å². The van der Waals surface area contributed by atoms with Crippen molar-refractivity contribution in [3.05, 3.63) is 29.3 Å². The molecule has 1 aromatic rings. The fourth-order valence-corrected chi connectivity index (χ4v) is 2.86. The number of para-hydroxylation sites is 1. The lowest BCUT2D eigenvalue weighted by Gasteiger charge is -2.16. The van der Waals surface area contributed by atoms with Gasteiger partial charge < -0.3 is 15.4 Å². The normalized spacial score (nSPS) is 15.5. The first kappa shape index (κ1) is 20.4. The zero-order chi connectivity index (χ0) is 20.2. The predicted molar refractivity (Wildman–Crippen MR) is 99.1 cm³/mol. The molecule has 8 nitrogen and oxygen atoms in total. The van der Waals surface area contributed by atoms with Crippen molar-refractivity contribution in [2.75, 3.05) is 18.5 Å². The topological polar surface area (TPSA) is 105 Å². The third-order valence-corrected chi connectivity index (χ3v) is 4.36. The largest absolute Gasteiger partial charge is 0.454 e. The summed E-state index contributed by atoms with van der Waals surface area (Å²) in [6.07, 6.45) is 1.51. The van der Waals surface area contributed by atoms with E-state index in [2.05, 4.69) is 10.6 Å². The first-order chi connectivity index (χ1) is 12.7. The molecule has 1 aromatic carbocycles. The number of urea groups is 1. The summed E-state index contributed by atoms with van der Waals surface area (Å²) in [5.74, 6) is -1.82. The number of ether oxygens (including phenoxy) is 1. The minimum atomic E-state index is -1.06. The maximum absolute atomic E-state index is 12.2. The van der Waals surface area contributed by atoms with Crippen molar-refractivity contribution in [3.8, 4) is 0 Å². The number of hydrogen-bond donors (Lipinski definition) is 2. The molecule has 0 atom stereocenters. The van der Waals surface area contributed by atoms with Crippen molar-refractivity contribution in [2.24, 2.45) is 0 Å². The second-order valence-electron chi connectivity index (χ2n) is 6.81. The van der Waals surface area contributed by atoms with Crippen molar-refractivity contribution in [1.29, 1.82) is 0 Å². The van der Waals surface area contributed by atoms with Crippen molar-refractivity contribution >= 4 is 29.5 Å². The van der Waals surface area contributed by atoms with E-state index in [9.17, 15) is 19.2 Å². The maximum atomic E-state index is 12.2. The van der Waals surface area contributed by atoms with E-state index in [0.717, 1.165) is 34.6 Å². The smallest absolute Gasteiger partial charge is 0.326 e. The Morgan fingerprint density at radius 2 is 1.74 bits per heavy atom. The molecule has 146 valence electrons. The molecule has 2 rings (SSSR count). The number of esters is 1. The van der Waals surface area contributed by atoms with Crippen molar-refractivity contribution in [3.63, 3.8) is 0 Å². The first-order valence-electron chi connectivity index (χ1n) is 8.90. The highest BCUT2D eigenvalue weighted by molar-refractivity contribution is 6.08. The van der Waals surface area contributed by atoms with Crippen LogP contribution in [0, 0.1) is 0 Å². The van der Waals surface area contributed by atoms with Crippen LogP contribution in [-0.2, 0) is 32.0 Å². The van der Waals surface area contributed by atoms with Crippen molar-refractivity contribution in [2.45, 2.75) is 46.1 Å². The zero-order valence-electron chi connectivity index (χ0n) is 16.0. The van der Waals surface area contributed by atoms with Crippen LogP contribution < -0.4 is 10.6 Å². The van der Waals surface area contributed by atoms with E-state index in [1.165, 1.54) is 0 Å². The molecule has 0 radical (unpaired) electrons. The number of nitrogens with zero attached hydrogens (tertiary/aromatic N) is 1. The summed E-state index contributed by atoms with van der Waals surface area (Å²) in [5, 5.41) is 5.26. The summed E-state index contributed by atoms with van der Waals surface area (Å²) < 4.78 is 4.92. The van der Waals surface area contributed by atoms with Gasteiger partial charge in [0.1, 0.15) is 12.1 Å². The van der Waals surface area contributed by atoms with Gasteiger partial charge in [0.25, 0.3) is 11.8 Å². The highest BCUT2D eigenvalue weighted by atomic mass is 16.5. The number of amides is 4. The number of benzene rings is 1. The summed E-state index contributed by atoms with van der Waals surface area (Å²) in [6, 6.07) is 5.14. The third-order valence-electron chi connectivity index (χ3n) is 4.36. The van der Waals surface area contributed by atoms with E-state index < -0.39 is 42.5 Å². The fourth-order valence-electron chi connectivity index (χ4n) is 2.86. The molecule has 1 aliphatic heterocycles. The molecule has 0 unspecified atom stereocenters. The van der Waals surface area contributed by atoms with E-state index >= 15 is 0 Å². The highest BCUT2D eigenvalue weighted by Gasteiger charge is 2.45. The minimum absolute atomic E-state index is 0.475. The van der Waals surface area contributed by atoms with Gasteiger partial charge in [-0.05, 0) is 37.8 Å². The number of rotatable bonds is 7. The zero-order valence-corrected chi connectivity index (χ0v) is 16.0. The van der Waals surface area contributed by atoms with Crippen LogP contribution in [0.15, 0.2) is 18.2 Å². The standard InChI is InChI=1S/C19H25N3O5/c1-5-12-8-7-9-13(6-2)16(12)20-14(23)11-27-15(24)10-22-17(25)19(3,4)21-18(22)26/h7-9H,5-6,10-11H2,1-4H3,(H,20,23)(H,21,26). The summed E-state index contributed by atoms with van der Waals surface area (Å²) in [5.41, 5.74) is 1.67. The molecular weight excluding hydrogens is 350 g/mol. The molecular formula is C19H25N3O5. The lowest BCUT2D eigenvalue weighted by atomic mass is 10.0. The monoisotopic (exact) mass is 375 g/mol. The van der Waals surface area contributed by atoms with Gasteiger partial charge in [-0.3, -0.25) is 19.3 Å². The van der Waals surface area contributed by atoms with Gasteiger partial charge in [-0.1, -0.05) is 32.0 Å². The Bertz CT molecular complexity index is 750. The maximum Gasteiger partial charge on any atom is 0.326 e. The van der Waals surface area contributed by atoms with Gasteiger partial charge in [-0.25, -0.2) is 4.79 Å². The van der Waals surface area contributed by atoms with Gasteiger partial charge in [0.2, 0.25) is 0 Å². The Kier molecular flexibility index (Phi) is 6.20. The number of carbonyl (C=O) groups excluding carboxylic acids is 4. The molecule has 0 bridgehead atoms. The molecule has 0 saturated carbocycles. The van der Waals surface area contributed by atoms with E-state index in [1.54, 1.807) is 13.8 Å². The number of nitrogens with one attached hydrogen (secondary N) is 2. The van der Waals surface area contributed by atoms with Gasteiger partial charge >= 0.3 is 12.0 Å². The molecule has 0 aromatic heterocycles. The van der Waals surface area contributed by atoms with Crippen LogP contribution in [0.1, 0.15) is 38.8 Å². The van der Waals surface area contributed by atoms with E-state index in [4.69, 9.17) is 4.74 Å². The van der Waals surface area contributed by atoms with Crippen molar-refractivity contribution < 1.29 is 23.9 Å². The van der Waals surface area contributed by atoms with Gasteiger partial charge in [-0.15, -0.1) is 0 Å².